The van der Waals surface area contributed by atoms with Crippen LogP contribution in [0.4, 0.5) is 0 Å². The molecule has 7 heteroatoms. The zero-order valence-electron chi connectivity index (χ0n) is 11.9. The number of nitrogens with zero attached hydrogens (tertiary/aromatic N) is 1. The Balaban J connectivity index is 0.00000220. The molecule has 1 heterocycles. The van der Waals surface area contributed by atoms with Crippen LogP contribution in [0.1, 0.15) is 0 Å². The zero-order valence-corrected chi connectivity index (χ0v) is 13.5. The Bertz CT molecular complexity index is 454. The molecule has 2 rings (SSSR count). The number of benzene rings is 1. The van der Waals surface area contributed by atoms with Gasteiger partial charge >= 0.3 is 0 Å². The molecule has 1 aliphatic heterocycles. The highest BCUT2D eigenvalue weighted by Crippen LogP contribution is 2.16. The predicted molar refractivity (Wildman–Crippen MR) is 84.4 cm³/mol. The molecular formula is C14H20Cl2N2O3. The van der Waals surface area contributed by atoms with E-state index in [4.69, 9.17) is 21.1 Å². The second kappa shape index (κ2) is 9.10. The molecule has 1 atom stereocenters. The fraction of sp³-hybridized carbons (Fsp3) is 0.500. The Morgan fingerprint density at radius 2 is 2.38 bits per heavy atom. The second-order valence-corrected chi connectivity index (χ2v) is 5.08. The van der Waals surface area contributed by atoms with Crippen LogP contribution in [0.3, 0.4) is 0 Å². The molecule has 0 spiro atoms. The summed E-state index contributed by atoms with van der Waals surface area (Å²) in [6.45, 7) is 2.74. The van der Waals surface area contributed by atoms with E-state index in [1.807, 2.05) is 12.1 Å². The van der Waals surface area contributed by atoms with Crippen molar-refractivity contribution in [2.24, 2.45) is 0 Å². The van der Waals surface area contributed by atoms with Crippen LogP contribution in [0, 0.1) is 0 Å². The van der Waals surface area contributed by atoms with Gasteiger partial charge in [-0.05, 0) is 18.2 Å². The van der Waals surface area contributed by atoms with Crippen LogP contribution in [0.2, 0.25) is 5.02 Å². The molecule has 1 fully saturated rings. The van der Waals surface area contributed by atoms with Crippen LogP contribution in [0.15, 0.2) is 24.3 Å². The fourth-order valence-corrected chi connectivity index (χ4v) is 2.14. The highest BCUT2D eigenvalue weighted by atomic mass is 35.5. The average Bonchev–Trinajstić information content (AvgIpc) is 2.47. The number of halogens is 2. The zero-order chi connectivity index (χ0) is 14.4. The van der Waals surface area contributed by atoms with Crippen molar-refractivity contribution in [2.45, 2.75) is 6.04 Å². The standard InChI is InChI=1S/C14H19ClN2O3.ClH/c1-17(14(18)13-10-19-7-5-16-13)6-8-20-12-4-2-3-11(15)9-12;/h2-4,9,13,16H,5-8,10H2,1H3;1H. The lowest BCUT2D eigenvalue weighted by atomic mass is 10.2. The molecule has 0 bridgehead atoms. The Kier molecular flexibility index (Phi) is 7.82. The number of morpholine rings is 1. The third kappa shape index (κ3) is 5.71. The first kappa shape index (κ1) is 18.0. The Morgan fingerprint density at radius 3 is 3.05 bits per heavy atom. The van der Waals surface area contributed by atoms with Gasteiger partial charge in [0, 0.05) is 18.6 Å². The van der Waals surface area contributed by atoms with Crippen LogP contribution in [0.25, 0.3) is 0 Å². The molecule has 1 aromatic rings. The lowest BCUT2D eigenvalue weighted by molar-refractivity contribution is -0.135. The third-order valence-electron chi connectivity index (χ3n) is 3.09. The van der Waals surface area contributed by atoms with Crippen molar-refractivity contribution in [2.75, 3.05) is 40.0 Å². The highest BCUT2D eigenvalue weighted by molar-refractivity contribution is 6.30. The molecule has 1 saturated heterocycles. The molecule has 21 heavy (non-hydrogen) atoms. The van der Waals surface area contributed by atoms with Crippen LogP contribution in [-0.2, 0) is 9.53 Å². The van der Waals surface area contributed by atoms with E-state index in [1.165, 1.54) is 0 Å². The van der Waals surface area contributed by atoms with E-state index in [1.54, 1.807) is 24.1 Å². The SMILES string of the molecule is CN(CCOc1cccc(Cl)c1)C(=O)C1COCCN1.Cl. The first-order valence-electron chi connectivity index (χ1n) is 6.61. The first-order valence-corrected chi connectivity index (χ1v) is 6.99. The summed E-state index contributed by atoms with van der Waals surface area (Å²) in [5, 5.41) is 3.78. The maximum absolute atomic E-state index is 12.1. The van der Waals surface area contributed by atoms with E-state index >= 15 is 0 Å². The van der Waals surface area contributed by atoms with E-state index in [0.717, 1.165) is 0 Å². The molecule has 0 aromatic heterocycles. The topological polar surface area (TPSA) is 50.8 Å². The number of amides is 1. The lowest BCUT2D eigenvalue weighted by Crippen LogP contribution is -2.52. The maximum atomic E-state index is 12.1. The summed E-state index contributed by atoms with van der Waals surface area (Å²) >= 11 is 5.87. The van der Waals surface area contributed by atoms with E-state index in [9.17, 15) is 4.79 Å². The van der Waals surface area contributed by atoms with E-state index in [2.05, 4.69) is 5.32 Å². The largest absolute Gasteiger partial charge is 0.492 e. The fourth-order valence-electron chi connectivity index (χ4n) is 1.96. The summed E-state index contributed by atoms with van der Waals surface area (Å²) < 4.78 is 10.8. The van der Waals surface area contributed by atoms with Gasteiger partial charge in [0.15, 0.2) is 0 Å². The second-order valence-electron chi connectivity index (χ2n) is 4.65. The third-order valence-corrected chi connectivity index (χ3v) is 3.32. The quantitative estimate of drug-likeness (QED) is 0.888. The van der Waals surface area contributed by atoms with Crippen molar-refractivity contribution < 1.29 is 14.3 Å². The van der Waals surface area contributed by atoms with Gasteiger partial charge in [0.25, 0.3) is 0 Å². The molecule has 0 aliphatic carbocycles. The smallest absolute Gasteiger partial charge is 0.241 e. The van der Waals surface area contributed by atoms with Crippen molar-refractivity contribution in [3.8, 4) is 5.75 Å². The minimum absolute atomic E-state index is 0. The minimum Gasteiger partial charge on any atom is -0.492 e. The Labute approximate surface area is 135 Å². The summed E-state index contributed by atoms with van der Waals surface area (Å²) in [5.74, 6) is 0.733. The number of rotatable bonds is 5. The molecule has 1 aromatic carbocycles. The molecule has 1 amide bonds. The van der Waals surface area contributed by atoms with Crippen molar-refractivity contribution in [3.63, 3.8) is 0 Å². The van der Waals surface area contributed by atoms with Crippen molar-refractivity contribution >= 4 is 29.9 Å². The van der Waals surface area contributed by atoms with Gasteiger partial charge in [-0.3, -0.25) is 4.79 Å². The molecular weight excluding hydrogens is 315 g/mol. The van der Waals surface area contributed by atoms with Crippen LogP contribution in [-0.4, -0.2) is 56.8 Å². The normalized spacial score (nSPS) is 17.7. The predicted octanol–water partition coefficient (Wildman–Crippen LogP) is 1.59. The van der Waals surface area contributed by atoms with E-state index < -0.39 is 0 Å². The van der Waals surface area contributed by atoms with Crippen molar-refractivity contribution in [1.82, 2.24) is 10.2 Å². The summed E-state index contributed by atoms with van der Waals surface area (Å²) in [5.41, 5.74) is 0. The van der Waals surface area contributed by atoms with Gasteiger partial charge in [-0.2, -0.15) is 0 Å². The molecule has 5 nitrogen and oxygen atoms in total. The van der Waals surface area contributed by atoms with Gasteiger partial charge in [-0.1, -0.05) is 17.7 Å². The van der Waals surface area contributed by atoms with Crippen LogP contribution < -0.4 is 10.1 Å². The van der Waals surface area contributed by atoms with Crippen LogP contribution in [0.5, 0.6) is 5.75 Å². The minimum atomic E-state index is -0.250. The summed E-state index contributed by atoms with van der Waals surface area (Å²) in [4.78, 5) is 13.8. The van der Waals surface area contributed by atoms with Gasteiger partial charge in [-0.15, -0.1) is 12.4 Å². The van der Waals surface area contributed by atoms with Gasteiger partial charge in [0.05, 0.1) is 19.8 Å². The summed E-state index contributed by atoms with van der Waals surface area (Å²) in [7, 11) is 1.76. The average molecular weight is 335 g/mol. The number of ether oxygens (including phenoxy) is 2. The maximum Gasteiger partial charge on any atom is 0.241 e. The number of hydrogen-bond donors (Lipinski definition) is 1. The highest BCUT2D eigenvalue weighted by Gasteiger charge is 2.23. The van der Waals surface area contributed by atoms with Crippen molar-refractivity contribution in [3.05, 3.63) is 29.3 Å². The Hall–Kier alpha value is -1.01. The molecule has 118 valence electrons. The van der Waals surface area contributed by atoms with Gasteiger partial charge < -0.3 is 19.7 Å². The van der Waals surface area contributed by atoms with Gasteiger partial charge in [0.1, 0.15) is 18.4 Å². The van der Waals surface area contributed by atoms with Crippen LogP contribution >= 0.6 is 24.0 Å². The first-order chi connectivity index (χ1) is 9.66. The van der Waals surface area contributed by atoms with E-state index in [0.29, 0.717) is 43.7 Å². The van der Waals surface area contributed by atoms with Crippen molar-refractivity contribution in [1.29, 1.82) is 0 Å². The number of carbonyl (C=O) groups is 1. The van der Waals surface area contributed by atoms with Gasteiger partial charge in [-0.25, -0.2) is 0 Å². The monoisotopic (exact) mass is 334 g/mol. The molecule has 0 saturated carbocycles. The van der Waals surface area contributed by atoms with E-state index in [-0.39, 0.29) is 24.4 Å². The molecule has 1 N–H and O–H groups in total. The lowest BCUT2D eigenvalue weighted by Gasteiger charge is -2.27. The summed E-state index contributed by atoms with van der Waals surface area (Å²) in [6.07, 6.45) is 0. The Morgan fingerprint density at radius 1 is 1.57 bits per heavy atom. The summed E-state index contributed by atoms with van der Waals surface area (Å²) in [6, 6.07) is 6.96. The number of hydrogen-bond acceptors (Lipinski definition) is 4. The molecule has 0 radical (unpaired) electrons. The number of carbonyl (C=O) groups excluding carboxylic acids is 1. The molecule has 1 unspecified atom stereocenters. The van der Waals surface area contributed by atoms with Gasteiger partial charge in [0.2, 0.25) is 5.91 Å². The number of likely N-dealkylation sites (N-methyl/N-ethyl adjacent to an activating group) is 1. The molecule has 1 aliphatic rings. The number of nitrogens with one attached hydrogen (secondary N) is 1.